The molecule has 0 bridgehead atoms. The van der Waals surface area contributed by atoms with Crippen LogP contribution in [0.25, 0.3) is 0 Å². The van der Waals surface area contributed by atoms with Gasteiger partial charge in [-0.05, 0) is 51.3 Å². The maximum absolute atomic E-state index is 11.3. The van der Waals surface area contributed by atoms with E-state index in [4.69, 9.17) is 4.74 Å². The smallest absolute Gasteiger partial charge is 0.307 e. The predicted octanol–water partition coefficient (Wildman–Crippen LogP) is 3.67. The topological polar surface area (TPSA) is 53.0 Å². The number of carboxylic acid groups (broad SMARTS) is 1. The number of hydrogen-bond acceptors (Lipinski definition) is 4. The summed E-state index contributed by atoms with van der Waals surface area (Å²) in [5.41, 5.74) is 3.95. The summed E-state index contributed by atoms with van der Waals surface area (Å²) in [5, 5.41) is 9.31. The first-order valence-corrected chi connectivity index (χ1v) is 10.5. The number of likely N-dealkylation sites (tertiary alicyclic amines) is 1. The van der Waals surface area contributed by atoms with Crippen LogP contribution in [0.4, 0.5) is 0 Å². The Morgan fingerprint density at radius 2 is 2.14 bits per heavy atom. The Hall–Kier alpha value is -2.27. The molecule has 5 nitrogen and oxygen atoms in total. The molecule has 0 aromatic heterocycles. The third kappa shape index (κ3) is 4.41. The summed E-state index contributed by atoms with van der Waals surface area (Å²) in [6.07, 6.45) is 9.49. The molecule has 150 valence electrons. The van der Waals surface area contributed by atoms with Gasteiger partial charge in [-0.1, -0.05) is 30.4 Å². The maximum Gasteiger partial charge on any atom is 0.307 e. The van der Waals surface area contributed by atoms with Gasteiger partial charge in [0, 0.05) is 36.5 Å². The van der Waals surface area contributed by atoms with Crippen molar-refractivity contribution in [1.82, 2.24) is 9.80 Å². The lowest BCUT2D eigenvalue weighted by Crippen LogP contribution is -2.40. The average Bonchev–Trinajstić information content (AvgIpc) is 2.71. The van der Waals surface area contributed by atoms with Crippen LogP contribution >= 0.6 is 0 Å². The molecule has 0 spiro atoms. The minimum Gasteiger partial charge on any atom is -0.488 e. The van der Waals surface area contributed by atoms with Crippen LogP contribution in [0.1, 0.15) is 37.7 Å². The average molecular weight is 383 g/mol. The highest BCUT2D eigenvalue weighted by atomic mass is 16.5. The molecule has 2 aliphatic heterocycles. The fourth-order valence-corrected chi connectivity index (χ4v) is 4.59. The van der Waals surface area contributed by atoms with E-state index in [-0.39, 0.29) is 5.92 Å². The summed E-state index contributed by atoms with van der Waals surface area (Å²) in [4.78, 5) is 16.2. The molecule has 4 rings (SSSR count). The highest BCUT2D eigenvalue weighted by molar-refractivity contribution is 5.70. The summed E-state index contributed by atoms with van der Waals surface area (Å²) in [6, 6.07) is 8.34. The molecule has 0 saturated carbocycles. The number of carboxylic acids is 1. The number of piperidine rings is 1. The second-order valence-electron chi connectivity index (χ2n) is 8.06. The zero-order valence-corrected chi connectivity index (χ0v) is 16.5. The standard InChI is InChI=1S/C23H30N2O3/c26-23(27)19-9-5-12-24(15-19)13-6-14-25-16-18-7-2-4-11-22(18)28-17-20-8-1-3-10-21(20)25/h1-2,4,7-8,11,19H,3,5-6,9-10,12-17H2,(H,26,27)/t19-/m1/s1. The Balaban J connectivity index is 1.42. The molecular formula is C23H30N2O3. The lowest BCUT2D eigenvalue weighted by molar-refractivity contribution is -0.143. The molecular weight excluding hydrogens is 352 g/mol. The Morgan fingerprint density at radius 3 is 3.04 bits per heavy atom. The van der Waals surface area contributed by atoms with Crippen molar-refractivity contribution in [3.8, 4) is 5.75 Å². The summed E-state index contributed by atoms with van der Waals surface area (Å²) < 4.78 is 6.08. The lowest BCUT2D eigenvalue weighted by Gasteiger charge is -2.35. The number of ether oxygens (including phenoxy) is 1. The first kappa shape index (κ1) is 19.1. The van der Waals surface area contributed by atoms with Gasteiger partial charge in [0.25, 0.3) is 0 Å². The van der Waals surface area contributed by atoms with Crippen LogP contribution in [0.5, 0.6) is 5.75 Å². The maximum atomic E-state index is 11.3. The minimum absolute atomic E-state index is 0.197. The quantitative estimate of drug-likeness (QED) is 0.842. The van der Waals surface area contributed by atoms with Crippen LogP contribution < -0.4 is 4.74 Å². The summed E-state index contributed by atoms with van der Waals surface area (Å²) in [6.45, 7) is 5.19. The second-order valence-corrected chi connectivity index (χ2v) is 8.06. The number of para-hydroxylation sites is 1. The van der Waals surface area contributed by atoms with Crippen molar-refractivity contribution in [2.24, 2.45) is 5.92 Å². The molecule has 1 aliphatic carbocycles. The zero-order chi connectivity index (χ0) is 19.3. The van der Waals surface area contributed by atoms with Gasteiger partial charge >= 0.3 is 5.97 Å². The molecule has 28 heavy (non-hydrogen) atoms. The number of benzene rings is 1. The number of aliphatic carboxylic acids is 1. The van der Waals surface area contributed by atoms with Crippen LogP contribution in [0.15, 0.2) is 47.7 Å². The Kier molecular flexibility index (Phi) is 6.01. The van der Waals surface area contributed by atoms with Crippen LogP contribution in [0.2, 0.25) is 0 Å². The van der Waals surface area contributed by atoms with Gasteiger partial charge < -0.3 is 19.6 Å². The number of nitrogens with zero attached hydrogens (tertiary/aromatic N) is 2. The molecule has 1 N–H and O–H groups in total. The van der Waals surface area contributed by atoms with Crippen molar-refractivity contribution in [2.45, 2.75) is 38.6 Å². The van der Waals surface area contributed by atoms with Gasteiger partial charge in [-0.3, -0.25) is 4.79 Å². The molecule has 1 aromatic carbocycles. The fourth-order valence-electron chi connectivity index (χ4n) is 4.59. The molecule has 5 heteroatoms. The molecule has 2 heterocycles. The van der Waals surface area contributed by atoms with E-state index in [0.717, 1.165) is 64.0 Å². The number of fused-ring (bicyclic) bond motifs is 1. The number of allylic oxidation sites excluding steroid dienone is 2. The van der Waals surface area contributed by atoms with Gasteiger partial charge in [0.15, 0.2) is 0 Å². The highest BCUT2D eigenvalue weighted by Crippen LogP contribution is 2.31. The second kappa shape index (κ2) is 8.82. The fraction of sp³-hybridized carbons (Fsp3) is 0.522. The van der Waals surface area contributed by atoms with E-state index in [2.05, 4.69) is 40.2 Å². The number of carbonyl (C=O) groups is 1. The van der Waals surface area contributed by atoms with Crippen molar-refractivity contribution >= 4 is 5.97 Å². The van der Waals surface area contributed by atoms with Crippen molar-refractivity contribution < 1.29 is 14.6 Å². The van der Waals surface area contributed by atoms with Crippen molar-refractivity contribution in [3.63, 3.8) is 0 Å². The molecule has 1 atom stereocenters. The third-order valence-electron chi connectivity index (χ3n) is 6.09. The monoisotopic (exact) mass is 382 g/mol. The lowest BCUT2D eigenvalue weighted by atomic mass is 9.98. The Morgan fingerprint density at radius 1 is 1.25 bits per heavy atom. The third-order valence-corrected chi connectivity index (χ3v) is 6.09. The van der Waals surface area contributed by atoms with E-state index < -0.39 is 5.97 Å². The van der Waals surface area contributed by atoms with Gasteiger partial charge in [-0.25, -0.2) is 0 Å². The van der Waals surface area contributed by atoms with Crippen LogP contribution in [0.3, 0.4) is 0 Å². The molecule has 0 radical (unpaired) electrons. The molecule has 1 aromatic rings. The SMILES string of the molecule is O=C(O)[C@@H]1CCCN(CCCN2Cc3ccccc3OCC3=C2CCC=C3)C1. The van der Waals surface area contributed by atoms with Crippen LogP contribution in [0, 0.1) is 5.92 Å². The van der Waals surface area contributed by atoms with Crippen molar-refractivity contribution in [2.75, 3.05) is 32.8 Å². The van der Waals surface area contributed by atoms with Gasteiger partial charge in [0.2, 0.25) is 0 Å². The molecule has 3 aliphatic rings. The van der Waals surface area contributed by atoms with E-state index in [0.29, 0.717) is 13.2 Å². The van der Waals surface area contributed by atoms with Crippen LogP contribution in [-0.4, -0.2) is 53.7 Å². The van der Waals surface area contributed by atoms with Gasteiger partial charge in [0.05, 0.1) is 5.92 Å². The van der Waals surface area contributed by atoms with E-state index in [1.807, 2.05) is 6.07 Å². The number of hydrogen-bond donors (Lipinski definition) is 1. The normalized spacial score (nSPS) is 22.7. The van der Waals surface area contributed by atoms with Gasteiger partial charge in [0.1, 0.15) is 12.4 Å². The minimum atomic E-state index is -0.645. The molecule has 0 amide bonds. The Bertz CT molecular complexity index is 771. The molecule has 0 unspecified atom stereocenters. The van der Waals surface area contributed by atoms with E-state index >= 15 is 0 Å². The highest BCUT2D eigenvalue weighted by Gasteiger charge is 2.25. The predicted molar refractivity (Wildman–Crippen MR) is 109 cm³/mol. The van der Waals surface area contributed by atoms with Crippen molar-refractivity contribution in [3.05, 3.63) is 53.3 Å². The molecule has 1 fully saturated rings. The first-order valence-electron chi connectivity index (χ1n) is 10.5. The first-order chi connectivity index (χ1) is 13.7. The van der Waals surface area contributed by atoms with E-state index in [1.54, 1.807) is 0 Å². The van der Waals surface area contributed by atoms with Gasteiger partial charge in [-0.15, -0.1) is 0 Å². The summed E-state index contributed by atoms with van der Waals surface area (Å²) >= 11 is 0. The van der Waals surface area contributed by atoms with E-state index in [9.17, 15) is 9.90 Å². The van der Waals surface area contributed by atoms with Gasteiger partial charge in [-0.2, -0.15) is 0 Å². The van der Waals surface area contributed by atoms with Crippen LogP contribution in [-0.2, 0) is 11.3 Å². The summed E-state index contributed by atoms with van der Waals surface area (Å²) in [7, 11) is 0. The Labute approximate surface area is 167 Å². The van der Waals surface area contributed by atoms with Crippen molar-refractivity contribution in [1.29, 1.82) is 0 Å². The molecule has 1 saturated heterocycles. The largest absolute Gasteiger partial charge is 0.488 e. The van der Waals surface area contributed by atoms with E-state index in [1.165, 1.54) is 16.8 Å². The number of rotatable bonds is 5. The zero-order valence-electron chi connectivity index (χ0n) is 16.5. The summed E-state index contributed by atoms with van der Waals surface area (Å²) in [5.74, 6) is 0.143.